The zero-order chi connectivity index (χ0) is 12.1. The molecule has 3 nitrogen and oxygen atoms in total. The molecule has 3 heteroatoms. The van der Waals surface area contributed by atoms with Crippen molar-refractivity contribution in [3.63, 3.8) is 0 Å². The molecule has 1 N–H and O–H groups in total. The summed E-state index contributed by atoms with van der Waals surface area (Å²) in [5, 5.41) is 12.4. The minimum absolute atomic E-state index is 0.381. The van der Waals surface area contributed by atoms with Crippen LogP contribution in [0, 0.1) is 17.2 Å². The second kappa shape index (κ2) is 6.37. The van der Waals surface area contributed by atoms with Crippen molar-refractivity contribution in [3.8, 4) is 6.07 Å². The summed E-state index contributed by atoms with van der Waals surface area (Å²) in [4.78, 5) is 2.66. The lowest BCUT2D eigenvalue weighted by Gasteiger charge is -2.35. The van der Waals surface area contributed by atoms with Crippen molar-refractivity contribution in [1.82, 2.24) is 10.2 Å². The molecular formula is C14H25N3. The summed E-state index contributed by atoms with van der Waals surface area (Å²) in [6, 6.07) is 3.48. The zero-order valence-electron chi connectivity index (χ0n) is 11.0. The van der Waals surface area contributed by atoms with E-state index < -0.39 is 0 Å². The van der Waals surface area contributed by atoms with E-state index >= 15 is 0 Å². The van der Waals surface area contributed by atoms with E-state index in [1.165, 1.54) is 38.6 Å². The lowest BCUT2D eigenvalue weighted by molar-refractivity contribution is 0.142. The molecule has 2 unspecified atom stereocenters. The molecule has 0 aromatic heterocycles. The third-order valence-corrected chi connectivity index (χ3v) is 4.18. The van der Waals surface area contributed by atoms with E-state index in [4.69, 9.17) is 5.26 Å². The first-order valence-corrected chi connectivity index (χ1v) is 7.14. The van der Waals surface area contributed by atoms with Gasteiger partial charge in [-0.25, -0.2) is 0 Å². The molecule has 1 saturated heterocycles. The van der Waals surface area contributed by atoms with Crippen LogP contribution in [0.5, 0.6) is 0 Å². The second-order valence-electron chi connectivity index (χ2n) is 5.82. The van der Waals surface area contributed by atoms with E-state index in [1.807, 2.05) is 0 Å². The third-order valence-electron chi connectivity index (χ3n) is 4.18. The van der Waals surface area contributed by atoms with Crippen LogP contribution in [-0.2, 0) is 0 Å². The number of hydrogen-bond acceptors (Lipinski definition) is 3. The number of nitrogens with one attached hydrogen (secondary N) is 1. The van der Waals surface area contributed by atoms with E-state index in [9.17, 15) is 0 Å². The van der Waals surface area contributed by atoms with Crippen molar-refractivity contribution < 1.29 is 0 Å². The van der Waals surface area contributed by atoms with Gasteiger partial charge in [-0.15, -0.1) is 0 Å². The van der Waals surface area contributed by atoms with Crippen molar-refractivity contribution in [1.29, 1.82) is 5.26 Å². The van der Waals surface area contributed by atoms with Crippen molar-refractivity contribution in [2.24, 2.45) is 5.92 Å². The quantitative estimate of drug-likeness (QED) is 0.797. The average molecular weight is 235 g/mol. The molecule has 17 heavy (non-hydrogen) atoms. The van der Waals surface area contributed by atoms with Gasteiger partial charge in [0.25, 0.3) is 0 Å². The molecule has 0 amide bonds. The highest BCUT2D eigenvalue weighted by molar-refractivity contribution is 4.89. The van der Waals surface area contributed by atoms with Gasteiger partial charge in [0.05, 0.1) is 12.5 Å². The molecular weight excluding hydrogens is 210 g/mol. The Labute approximate surface area is 105 Å². The van der Waals surface area contributed by atoms with Gasteiger partial charge < -0.3 is 5.32 Å². The van der Waals surface area contributed by atoms with Gasteiger partial charge in [-0.05, 0) is 25.3 Å². The lowest BCUT2D eigenvalue weighted by atomic mass is 9.93. The van der Waals surface area contributed by atoms with Crippen molar-refractivity contribution >= 4 is 0 Å². The van der Waals surface area contributed by atoms with Crippen LogP contribution in [0.2, 0.25) is 0 Å². The van der Waals surface area contributed by atoms with Crippen LogP contribution < -0.4 is 5.32 Å². The molecule has 1 aliphatic heterocycles. The molecule has 1 saturated carbocycles. The zero-order valence-corrected chi connectivity index (χ0v) is 11.0. The highest BCUT2D eigenvalue weighted by Crippen LogP contribution is 2.24. The predicted octanol–water partition coefficient (Wildman–Crippen LogP) is 2.14. The number of nitriles is 1. The maximum atomic E-state index is 8.86. The first-order chi connectivity index (χ1) is 8.29. The van der Waals surface area contributed by atoms with Gasteiger partial charge in [-0.1, -0.05) is 26.2 Å². The smallest absolute Gasteiger partial charge is 0.0638 e. The minimum Gasteiger partial charge on any atom is -0.311 e. The van der Waals surface area contributed by atoms with Gasteiger partial charge in [0.15, 0.2) is 0 Å². The van der Waals surface area contributed by atoms with Crippen LogP contribution in [0.3, 0.4) is 0 Å². The van der Waals surface area contributed by atoms with E-state index in [0.29, 0.717) is 18.4 Å². The summed E-state index contributed by atoms with van der Waals surface area (Å²) in [7, 11) is 0. The largest absolute Gasteiger partial charge is 0.311 e. The Morgan fingerprint density at radius 2 is 2.00 bits per heavy atom. The van der Waals surface area contributed by atoms with Gasteiger partial charge in [-0.2, -0.15) is 5.26 Å². The van der Waals surface area contributed by atoms with Gasteiger partial charge in [-0.3, -0.25) is 4.90 Å². The summed E-state index contributed by atoms with van der Waals surface area (Å²) in [5.74, 6) is 0.709. The van der Waals surface area contributed by atoms with Crippen LogP contribution in [0.15, 0.2) is 0 Å². The summed E-state index contributed by atoms with van der Waals surface area (Å²) in [6.07, 6.45) is 7.59. The maximum absolute atomic E-state index is 8.86. The molecule has 0 aromatic carbocycles. The summed E-state index contributed by atoms with van der Waals surface area (Å²) in [6.45, 7) is 5.66. The fourth-order valence-corrected chi connectivity index (χ4v) is 3.25. The van der Waals surface area contributed by atoms with Gasteiger partial charge in [0.2, 0.25) is 0 Å². The maximum Gasteiger partial charge on any atom is 0.0638 e. The molecule has 1 aliphatic carbocycles. The number of hydrogen-bond donors (Lipinski definition) is 1. The highest BCUT2D eigenvalue weighted by atomic mass is 15.2. The Morgan fingerprint density at radius 3 is 2.71 bits per heavy atom. The first-order valence-electron chi connectivity index (χ1n) is 7.14. The fraction of sp³-hybridized carbons (Fsp3) is 0.929. The summed E-state index contributed by atoms with van der Waals surface area (Å²) >= 11 is 0. The Hall–Kier alpha value is -0.590. The Bertz CT molecular complexity index is 265. The van der Waals surface area contributed by atoms with Crippen LogP contribution in [-0.4, -0.2) is 36.6 Å². The standard InChI is InChI=1S/C14H25N3/c1-12-9-16-13(7-8-15)11-17(10-12)14-5-3-2-4-6-14/h12-14,16H,2-7,9-11H2,1H3. The molecule has 1 heterocycles. The topological polar surface area (TPSA) is 39.1 Å². The van der Waals surface area contributed by atoms with Crippen molar-refractivity contribution in [2.75, 3.05) is 19.6 Å². The SMILES string of the molecule is CC1CNC(CC#N)CN(C2CCCCC2)C1. The highest BCUT2D eigenvalue weighted by Gasteiger charge is 2.27. The van der Waals surface area contributed by atoms with Crippen LogP contribution >= 0.6 is 0 Å². The van der Waals surface area contributed by atoms with Crippen LogP contribution in [0.1, 0.15) is 45.4 Å². The summed E-state index contributed by atoms with van der Waals surface area (Å²) in [5.41, 5.74) is 0. The Balaban J connectivity index is 1.95. The molecule has 0 radical (unpaired) electrons. The van der Waals surface area contributed by atoms with E-state index in [-0.39, 0.29) is 0 Å². The molecule has 2 aliphatic rings. The molecule has 2 rings (SSSR count). The Morgan fingerprint density at radius 1 is 1.24 bits per heavy atom. The summed E-state index contributed by atoms with van der Waals surface area (Å²) < 4.78 is 0. The van der Waals surface area contributed by atoms with Gasteiger partial charge in [0.1, 0.15) is 0 Å². The minimum atomic E-state index is 0.381. The van der Waals surface area contributed by atoms with Crippen LogP contribution in [0.25, 0.3) is 0 Å². The molecule has 96 valence electrons. The normalized spacial score (nSPS) is 32.9. The molecule has 0 bridgehead atoms. The number of rotatable bonds is 2. The first kappa shape index (κ1) is 12.9. The fourth-order valence-electron chi connectivity index (χ4n) is 3.25. The van der Waals surface area contributed by atoms with Crippen molar-refractivity contribution in [2.45, 2.75) is 57.5 Å². The number of nitrogens with zero attached hydrogens (tertiary/aromatic N) is 2. The van der Waals surface area contributed by atoms with Gasteiger partial charge in [0, 0.05) is 25.2 Å². The van der Waals surface area contributed by atoms with Crippen molar-refractivity contribution in [3.05, 3.63) is 0 Å². The Kier molecular flexibility index (Phi) is 4.82. The monoisotopic (exact) mass is 235 g/mol. The molecule has 0 spiro atoms. The lowest BCUT2D eigenvalue weighted by Crippen LogP contribution is -2.43. The van der Waals surface area contributed by atoms with Gasteiger partial charge >= 0.3 is 0 Å². The predicted molar refractivity (Wildman–Crippen MR) is 69.6 cm³/mol. The van der Waals surface area contributed by atoms with E-state index in [2.05, 4.69) is 23.2 Å². The van der Waals surface area contributed by atoms with E-state index in [0.717, 1.165) is 19.1 Å². The average Bonchev–Trinajstić information content (AvgIpc) is 2.54. The second-order valence-corrected chi connectivity index (χ2v) is 5.82. The third kappa shape index (κ3) is 3.69. The molecule has 2 fully saturated rings. The van der Waals surface area contributed by atoms with E-state index in [1.54, 1.807) is 0 Å². The molecule has 0 aromatic rings. The van der Waals surface area contributed by atoms with Crippen LogP contribution in [0.4, 0.5) is 0 Å². The molecule has 2 atom stereocenters.